The zero-order chi connectivity index (χ0) is 11.8. The van der Waals surface area contributed by atoms with Crippen molar-refractivity contribution in [3.8, 4) is 11.3 Å². The van der Waals surface area contributed by atoms with Crippen molar-refractivity contribution < 1.29 is 13.2 Å². The quantitative estimate of drug-likeness (QED) is 0.749. The van der Waals surface area contributed by atoms with Crippen molar-refractivity contribution >= 4 is 0 Å². The molecule has 0 fully saturated rings. The third-order valence-corrected chi connectivity index (χ3v) is 2.11. The minimum absolute atomic E-state index is 0.552. The molecule has 0 saturated carbocycles. The number of halogens is 3. The fraction of sp³-hybridized carbons (Fsp3) is 0.200. The largest absolute Gasteiger partial charge is 0.416 e. The van der Waals surface area contributed by atoms with Crippen LogP contribution in [-0.4, -0.2) is 15.0 Å². The van der Waals surface area contributed by atoms with Crippen molar-refractivity contribution in [2.24, 2.45) is 7.05 Å². The van der Waals surface area contributed by atoms with Crippen LogP contribution in [0.2, 0.25) is 0 Å². The van der Waals surface area contributed by atoms with Crippen LogP contribution in [0.4, 0.5) is 13.2 Å². The summed E-state index contributed by atoms with van der Waals surface area (Å²) in [6.07, 6.45) is -2.66. The van der Waals surface area contributed by atoms with Crippen LogP contribution in [0.25, 0.3) is 11.3 Å². The van der Waals surface area contributed by atoms with E-state index in [1.165, 1.54) is 16.8 Å². The van der Waals surface area contributed by atoms with Gasteiger partial charge in [-0.2, -0.15) is 13.2 Å². The first-order valence-corrected chi connectivity index (χ1v) is 4.51. The highest BCUT2D eigenvalue weighted by Gasteiger charge is 2.30. The summed E-state index contributed by atoms with van der Waals surface area (Å²) in [6, 6.07) is 4.83. The summed E-state index contributed by atoms with van der Waals surface area (Å²) in [5, 5.41) is 7.52. The van der Waals surface area contributed by atoms with E-state index in [0.717, 1.165) is 12.1 Å². The Labute approximate surface area is 89.5 Å². The molecule has 2 rings (SSSR count). The highest BCUT2D eigenvalue weighted by Crippen LogP contribution is 2.30. The molecular formula is C10H8F3N3. The molecule has 0 unspecified atom stereocenters. The normalized spacial score (nSPS) is 11.8. The van der Waals surface area contributed by atoms with Gasteiger partial charge < -0.3 is 0 Å². The second kappa shape index (κ2) is 3.62. The Hall–Kier alpha value is -1.85. The van der Waals surface area contributed by atoms with Crippen molar-refractivity contribution in [3.05, 3.63) is 36.0 Å². The van der Waals surface area contributed by atoms with Crippen LogP contribution >= 0.6 is 0 Å². The molecule has 3 nitrogen and oxygen atoms in total. The lowest BCUT2D eigenvalue weighted by Crippen LogP contribution is -2.03. The van der Waals surface area contributed by atoms with Crippen LogP contribution in [0.3, 0.4) is 0 Å². The number of aryl methyl sites for hydroxylation is 1. The molecule has 0 aliphatic rings. The molecule has 84 valence electrons. The SMILES string of the molecule is Cn1cc(-c2ccc(C(F)(F)F)cc2)nn1. The van der Waals surface area contributed by atoms with Crippen molar-refractivity contribution in [1.82, 2.24) is 15.0 Å². The van der Waals surface area contributed by atoms with Crippen LogP contribution < -0.4 is 0 Å². The van der Waals surface area contributed by atoms with Gasteiger partial charge in [0.15, 0.2) is 0 Å². The number of benzene rings is 1. The number of nitrogens with zero attached hydrogens (tertiary/aromatic N) is 3. The number of aromatic nitrogens is 3. The second-order valence-electron chi connectivity index (χ2n) is 3.35. The number of hydrogen-bond donors (Lipinski definition) is 0. The fourth-order valence-electron chi connectivity index (χ4n) is 1.31. The molecule has 0 N–H and O–H groups in total. The van der Waals surface area contributed by atoms with Gasteiger partial charge in [-0.05, 0) is 12.1 Å². The maximum absolute atomic E-state index is 12.3. The van der Waals surface area contributed by atoms with Crippen LogP contribution in [0, 0.1) is 0 Å². The summed E-state index contributed by atoms with van der Waals surface area (Å²) in [5.41, 5.74) is 0.498. The first-order chi connectivity index (χ1) is 7.47. The molecule has 0 saturated heterocycles. The highest BCUT2D eigenvalue weighted by molar-refractivity contribution is 5.58. The molecule has 0 spiro atoms. The van der Waals surface area contributed by atoms with Crippen LogP contribution in [0.5, 0.6) is 0 Å². The number of alkyl halides is 3. The Morgan fingerprint density at radius 1 is 1.12 bits per heavy atom. The summed E-state index contributed by atoms with van der Waals surface area (Å²) in [6.45, 7) is 0. The summed E-state index contributed by atoms with van der Waals surface area (Å²) < 4.78 is 38.4. The van der Waals surface area contributed by atoms with E-state index in [1.807, 2.05) is 0 Å². The van der Waals surface area contributed by atoms with Crippen molar-refractivity contribution in [1.29, 1.82) is 0 Å². The van der Waals surface area contributed by atoms with Gasteiger partial charge in [0.25, 0.3) is 0 Å². The average molecular weight is 227 g/mol. The third-order valence-electron chi connectivity index (χ3n) is 2.11. The maximum atomic E-state index is 12.3. The molecule has 0 bridgehead atoms. The lowest BCUT2D eigenvalue weighted by atomic mass is 10.1. The van der Waals surface area contributed by atoms with Gasteiger partial charge in [0.1, 0.15) is 5.69 Å². The van der Waals surface area contributed by atoms with Crippen molar-refractivity contribution in [3.63, 3.8) is 0 Å². The zero-order valence-corrected chi connectivity index (χ0v) is 8.36. The Kier molecular flexibility index (Phi) is 2.41. The van der Waals surface area contributed by atoms with Gasteiger partial charge >= 0.3 is 6.18 Å². The first kappa shape index (κ1) is 10.7. The van der Waals surface area contributed by atoms with Gasteiger partial charge in [0, 0.05) is 12.6 Å². The van der Waals surface area contributed by atoms with Gasteiger partial charge in [-0.25, -0.2) is 0 Å². The summed E-state index contributed by atoms with van der Waals surface area (Å²) >= 11 is 0. The Bertz CT molecular complexity index is 485. The van der Waals surface area contributed by atoms with E-state index in [4.69, 9.17) is 0 Å². The molecule has 0 aliphatic carbocycles. The van der Waals surface area contributed by atoms with Crippen LogP contribution in [-0.2, 0) is 13.2 Å². The van der Waals surface area contributed by atoms with Crippen LogP contribution in [0.1, 0.15) is 5.56 Å². The van der Waals surface area contributed by atoms with E-state index in [2.05, 4.69) is 10.3 Å². The zero-order valence-electron chi connectivity index (χ0n) is 8.36. The van der Waals surface area contributed by atoms with Gasteiger partial charge in [-0.15, -0.1) is 5.10 Å². The highest BCUT2D eigenvalue weighted by atomic mass is 19.4. The summed E-state index contributed by atoms with van der Waals surface area (Å²) in [5.74, 6) is 0. The maximum Gasteiger partial charge on any atom is 0.416 e. The second-order valence-corrected chi connectivity index (χ2v) is 3.35. The topological polar surface area (TPSA) is 30.7 Å². The molecule has 0 atom stereocenters. The van der Waals surface area contributed by atoms with E-state index in [1.54, 1.807) is 13.2 Å². The Morgan fingerprint density at radius 3 is 2.19 bits per heavy atom. The molecule has 0 aliphatic heterocycles. The monoisotopic (exact) mass is 227 g/mol. The number of rotatable bonds is 1. The van der Waals surface area contributed by atoms with Crippen molar-refractivity contribution in [2.45, 2.75) is 6.18 Å². The lowest BCUT2D eigenvalue weighted by molar-refractivity contribution is -0.137. The summed E-state index contributed by atoms with van der Waals surface area (Å²) in [7, 11) is 1.70. The van der Waals surface area contributed by atoms with E-state index < -0.39 is 11.7 Å². The smallest absolute Gasteiger partial charge is 0.255 e. The van der Waals surface area contributed by atoms with Gasteiger partial charge in [-0.3, -0.25) is 4.68 Å². The predicted octanol–water partition coefficient (Wildman–Crippen LogP) is 2.50. The van der Waals surface area contributed by atoms with Gasteiger partial charge in [0.2, 0.25) is 0 Å². The Morgan fingerprint density at radius 2 is 1.75 bits per heavy atom. The van der Waals surface area contributed by atoms with Gasteiger partial charge in [0.05, 0.1) is 11.8 Å². The predicted molar refractivity (Wildman–Crippen MR) is 51.4 cm³/mol. The molecule has 1 aromatic carbocycles. The minimum atomic E-state index is -4.30. The van der Waals surface area contributed by atoms with Gasteiger partial charge in [-0.1, -0.05) is 17.3 Å². The van der Waals surface area contributed by atoms with Crippen LogP contribution in [0.15, 0.2) is 30.5 Å². The Balaban J connectivity index is 2.33. The number of hydrogen-bond acceptors (Lipinski definition) is 2. The third kappa shape index (κ3) is 2.05. The van der Waals surface area contributed by atoms with E-state index in [-0.39, 0.29) is 0 Å². The lowest BCUT2D eigenvalue weighted by Gasteiger charge is -2.06. The molecule has 6 heteroatoms. The fourth-order valence-corrected chi connectivity index (χ4v) is 1.31. The molecule has 0 radical (unpaired) electrons. The molecule has 1 heterocycles. The van der Waals surface area contributed by atoms with E-state index in [9.17, 15) is 13.2 Å². The van der Waals surface area contributed by atoms with E-state index in [0.29, 0.717) is 11.3 Å². The van der Waals surface area contributed by atoms with E-state index >= 15 is 0 Å². The standard InChI is InChI=1S/C10H8F3N3/c1-16-6-9(14-15-16)7-2-4-8(5-3-7)10(11,12)13/h2-6H,1H3. The minimum Gasteiger partial charge on any atom is -0.255 e. The molecular weight excluding hydrogens is 219 g/mol. The summed E-state index contributed by atoms with van der Waals surface area (Å²) in [4.78, 5) is 0. The molecule has 0 amide bonds. The molecule has 2 aromatic rings. The molecule has 1 aromatic heterocycles. The molecule has 16 heavy (non-hydrogen) atoms. The first-order valence-electron chi connectivity index (χ1n) is 4.51. The average Bonchev–Trinajstić information content (AvgIpc) is 2.64. The van der Waals surface area contributed by atoms with Crippen molar-refractivity contribution in [2.75, 3.05) is 0 Å².